The zero-order valence-electron chi connectivity index (χ0n) is 19.6. The van der Waals surface area contributed by atoms with Gasteiger partial charge >= 0.3 is 0 Å². The maximum absolute atomic E-state index is 13.6. The first-order chi connectivity index (χ1) is 18.0. The van der Waals surface area contributed by atoms with Crippen LogP contribution in [0.15, 0.2) is 71.9 Å². The maximum atomic E-state index is 13.6. The van der Waals surface area contributed by atoms with E-state index in [1.165, 1.54) is 0 Å². The van der Waals surface area contributed by atoms with E-state index in [1.807, 2.05) is 36.4 Å². The molecule has 10 heteroatoms. The number of halogens is 2. The topological polar surface area (TPSA) is 99.5 Å². The van der Waals surface area contributed by atoms with Gasteiger partial charge in [0.25, 0.3) is 5.92 Å². The number of H-pyrrole nitrogens is 2. The Labute approximate surface area is 209 Å². The van der Waals surface area contributed by atoms with Gasteiger partial charge in [0.2, 0.25) is 0 Å². The number of nitrogens with zero attached hydrogens (tertiary/aromatic N) is 5. The fourth-order valence-corrected chi connectivity index (χ4v) is 4.99. The van der Waals surface area contributed by atoms with Gasteiger partial charge in [0, 0.05) is 54.6 Å². The number of rotatable bonds is 5. The highest BCUT2D eigenvalue weighted by atomic mass is 19.3. The highest BCUT2D eigenvalue weighted by Gasteiger charge is 2.37. The molecular weight excluding hydrogens is 476 g/mol. The molecule has 1 aliphatic heterocycles. The molecule has 37 heavy (non-hydrogen) atoms. The number of likely N-dealkylation sites (tertiary alicyclic amines) is 1. The summed E-state index contributed by atoms with van der Waals surface area (Å²) in [5, 5.41) is 8.54. The second-order valence-electron chi connectivity index (χ2n) is 9.38. The lowest BCUT2D eigenvalue weighted by Crippen LogP contribution is -2.24. The van der Waals surface area contributed by atoms with Gasteiger partial charge in [0.15, 0.2) is 0 Å². The standard InChI is InChI=1S/C27H21F2N7O/c28-27(29)5-7-36(15-27)13-16-9-18(12-30-11-16)21-1-2-22-24(32-21)25(35-34-22)23-10-20-19(17-4-8-37-14-17)3-6-31-26(20)33-23/h1-4,6,8-12,14H,5,7,13,15H2,(H,31,33)(H,34,35). The maximum Gasteiger partial charge on any atom is 0.261 e. The van der Waals surface area contributed by atoms with Crippen molar-refractivity contribution in [3.8, 4) is 33.8 Å². The van der Waals surface area contributed by atoms with Crippen molar-refractivity contribution in [2.24, 2.45) is 0 Å². The Bertz CT molecular complexity index is 1740. The number of furan rings is 1. The first-order valence-corrected chi connectivity index (χ1v) is 11.9. The Morgan fingerprint density at radius 2 is 2.03 bits per heavy atom. The normalized spacial score (nSPS) is 15.7. The summed E-state index contributed by atoms with van der Waals surface area (Å²) in [5.74, 6) is -2.62. The zero-order chi connectivity index (χ0) is 25.0. The van der Waals surface area contributed by atoms with Crippen LogP contribution in [0.4, 0.5) is 8.78 Å². The Kier molecular flexibility index (Phi) is 4.90. The number of nitrogens with one attached hydrogen (secondary N) is 2. The second-order valence-corrected chi connectivity index (χ2v) is 9.38. The van der Waals surface area contributed by atoms with Crippen molar-refractivity contribution < 1.29 is 13.2 Å². The molecule has 1 fully saturated rings. The average molecular weight is 498 g/mol. The van der Waals surface area contributed by atoms with Crippen molar-refractivity contribution in [1.29, 1.82) is 0 Å². The number of hydrogen-bond acceptors (Lipinski definition) is 6. The minimum absolute atomic E-state index is 0.103. The molecule has 6 aromatic rings. The largest absolute Gasteiger partial charge is 0.472 e. The van der Waals surface area contributed by atoms with Crippen LogP contribution < -0.4 is 0 Å². The third-order valence-electron chi connectivity index (χ3n) is 6.77. The number of aromatic nitrogens is 6. The summed E-state index contributed by atoms with van der Waals surface area (Å²) in [6.07, 6.45) is 8.46. The van der Waals surface area contributed by atoms with Crippen molar-refractivity contribution in [2.75, 3.05) is 13.1 Å². The van der Waals surface area contributed by atoms with Crippen molar-refractivity contribution in [3.63, 3.8) is 0 Å². The molecule has 7 rings (SSSR count). The molecule has 1 saturated heterocycles. The minimum Gasteiger partial charge on any atom is -0.472 e. The first-order valence-electron chi connectivity index (χ1n) is 11.9. The van der Waals surface area contributed by atoms with E-state index in [4.69, 9.17) is 9.40 Å². The highest BCUT2D eigenvalue weighted by molar-refractivity contribution is 5.98. The van der Waals surface area contributed by atoms with Crippen molar-refractivity contribution in [3.05, 3.63) is 73.1 Å². The van der Waals surface area contributed by atoms with Crippen LogP contribution in [0.25, 0.3) is 55.8 Å². The molecule has 0 spiro atoms. The Hall–Kier alpha value is -4.44. The van der Waals surface area contributed by atoms with E-state index in [1.54, 1.807) is 36.0 Å². The number of fused-ring (bicyclic) bond motifs is 2. The zero-order valence-corrected chi connectivity index (χ0v) is 19.6. The molecule has 2 N–H and O–H groups in total. The summed E-state index contributed by atoms with van der Waals surface area (Å²) in [6.45, 7) is 0.583. The third-order valence-corrected chi connectivity index (χ3v) is 6.77. The van der Waals surface area contributed by atoms with Crippen LogP contribution in [0.1, 0.15) is 12.0 Å². The van der Waals surface area contributed by atoms with Crippen molar-refractivity contribution in [2.45, 2.75) is 18.9 Å². The fourth-order valence-electron chi connectivity index (χ4n) is 4.99. The lowest BCUT2D eigenvalue weighted by atomic mass is 10.1. The van der Waals surface area contributed by atoms with Gasteiger partial charge in [-0.15, -0.1) is 0 Å². The molecule has 1 aliphatic rings. The predicted octanol–water partition coefficient (Wildman–Crippen LogP) is 5.66. The molecule has 8 nitrogen and oxygen atoms in total. The van der Waals surface area contributed by atoms with Crippen LogP contribution in [0.2, 0.25) is 0 Å². The van der Waals surface area contributed by atoms with Crippen LogP contribution in [0, 0.1) is 0 Å². The Morgan fingerprint density at radius 3 is 2.86 bits per heavy atom. The highest BCUT2D eigenvalue weighted by Crippen LogP contribution is 2.34. The van der Waals surface area contributed by atoms with Crippen LogP contribution in [-0.4, -0.2) is 54.0 Å². The van der Waals surface area contributed by atoms with E-state index >= 15 is 0 Å². The van der Waals surface area contributed by atoms with E-state index in [9.17, 15) is 8.78 Å². The molecule has 6 aromatic heterocycles. The number of aromatic amines is 2. The lowest BCUT2D eigenvalue weighted by molar-refractivity contribution is 0.0115. The monoisotopic (exact) mass is 497 g/mol. The molecule has 0 unspecified atom stereocenters. The lowest BCUT2D eigenvalue weighted by Gasteiger charge is -2.15. The van der Waals surface area contributed by atoms with Gasteiger partial charge in [-0.2, -0.15) is 5.10 Å². The van der Waals surface area contributed by atoms with Gasteiger partial charge in [-0.3, -0.25) is 15.0 Å². The number of hydrogen-bond donors (Lipinski definition) is 2. The van der Waals surface area contributed by atoms with Gasteiger partial charge < -0.3 is 9.40 Å². The van der Waals surface area contributed by atoms with Gasteiger partial charge in [0.05, 0.1) is 36.0 Å². The Balaban J connectivity index is 1.24. The summed E-state index contributed by atoms with van der Waals surface area (Å²) >= 11 is 0. The molecule has 0 bridgehead atoms. The summed E-state index contributed by atoms with van der Waals surface area (Å²) in [7, 11) is 0. The van der Waals surface area contributed by atoms with Crippen LogP contribution in [0.5, 0.6) is 0 Å². The molecule has 0 atom stereocenters. The van der Waals surface area contributed by atoms with Gasteiger partial charge in [-0.1, -0.05) is 0 Å². The Morgan fingerprint density at radius 1 is 1.08 bits per heavy atom. The number of pyridine rings is 3. The van der Waals surface area contributed by atoms with E-state index in [2.05, 4.69) is 25.1 Å². The SMILES string of the molecule is FC1(F)CCN(Cc2cncc(-c3ccc4[nH]nc(-c5cc6c(-c7ccoc7)ccnc6[nH]5)c4n3)c2)C1. The average Bonchev–Trinajstić information content (AvgIpc) is 3.69. The smallest absolute Gasteiger partial charge is 0.261 e. The molecule has 0 saturated carbocycles. The summed E-state index contributed by atoms with van der Waals surface area (Å²) in [4.78, 5) is 18.9. The molecule has 0 radical (unpaired) electrons. The number of alkyl halides is 2. The summed E-state index contributed by atoms with van der Waals surface area (Å²) < 4.78 is 32.5. The van der Waals surface area contributed by atoms with Gasteiger partial charge in [-0.25, -0.2) is 18.7 Å². The van der Waals surface area contributed by atoms with Gasteiger partial charge in [0.1, 0.15) is 16.9 Å². The van der Waals surface area contributed by atoms with E-state index < -0.39 is 5.92 Å². The fraction of sp³-hybridized carbons (Fsp3) is 0.185. The molecular formula is C27H21F2N7O. The molecule has 0 amide bonds. The summed E-state index contributed by atoms with van der Waals surface area (Å²) in [6, 6.07) is 11.7. The molecule has 184 valence electrons. The quantitative estimate of drug-likeness (QED) is 0.319. The molecule has 0 aromatic carbocycles. The van der Waals surface area contributed by atoms with Crippen molar-refractivity contribution in [1.82, 2.24) is 35.0 Å². The van der Waals surface area contributed by atoms with E-state index in [0.717, 1.165) is 50.2 Å². The summed E-state index contributed by atoms with van der Waals surface area (Å²) in [5.41, 5.74) is 8.10. The first kappa shape index (κ1) is 21.8. The van der Waals surface area contributed by atoms with E-state index in [0.29, 0.717) is 24.3 Å². The molecule has 0 aliphatic carbocycles. The van der Waals surface area contributed by atoms with Gasteiger partial charge in [-0.05, 0) is 47.5 Å². The second kappa shape index (κ2) is 8.31. The minimum atomic E-state index is -2.62. The third kappa shape index (κ3) is 3.95. The predicted molar refractivity (Wildman–Crippen MR) is 135 cm³/mol. The molecule has 7 heterocycles. The van der Waals surface area contributed by atoms with E-state index in [-0.39, 0.29) is 13.0 Å². The van der Waals surface area contributed by atoms with Crippen LogP contribution in [-0.2, 0) is 6.54 Å². The van der Waals surface area contributed by atoms with Crippen LogP contribution >= 0.6 is 0 Å². The van der Waals surface area contributed by atoms with Crippen LogP contribution in [0.3, 0.4) is 0 Å². The van der Waals surface area contributed by atoms with Crippen molar-refractivity contribution >= 4 is 22.1 Å².